The predicted molar refractivity (Wildman–Crippen MR) is 47.6 cm³/mol. The Hall–Kier alpha value is -0.570. The van der Waals surface area contributed by atoms with E-state index in [9.17, 15) is 4.79 Å². The summed E-state index contributed by atoms with van der Waals surface area (Å²) >= 11 is 0. The van der Waals surface area contributed by atoms with Crippen LogP contribution in [0.4, 0.5) is 0 Å². The Kier molecular flexibility index (Phi) is 3.53. The number of likely N-dealkylation sites (tertiary alicyclic amines) is 1. The van der Waals surface area contributed by atoms with Gasteiger partial charge in [0.25, 0.3) is 0 Å². The van der Waals surface area contributed by atoms with Crippen LogP contribution < -0.4 is 0 Å². The fourth-order valence-corrected chi connectivity index (χ4v) is 1.28. The maximum Gasteiger partial charge on any atom is 0.236 e. The number of piperidine rings is 1. The van der Waals surface area contributed by atoms with Crippen LogP contribution in [0, 0.1) is 6.42 Å². The number of amides is 1. The summed E-state index contributed by atoms with van der Waals surface area (Å²) in [5.74, 6) is 0.238. The summed E-state index contributed by atoms with van der Waals surface area (Å²) in [5, 5.41) is 0. The lowest BCUT2D eigenvalue weighted by molar-refractivity contribution is -0.132. The molecule has 0 saturated carbocycles. The van der Waals surface area contributed by atoms with E-state index in [0.29, 0.717) is 6.54 Å². The zero-order valence-electron chi connectivity index (χ0n) is 7.84. The van der Waals surface area contributed by atoms with E-state index in [1.807, 2.05) is 23.9 Å². The van der Waals surface area contributed by atoms with Gasteiger partial charge in [-0.3, -0.25) is 4.79 Å². The number of hydrogen-bond acceptors (Lipinski definition) is 2. The lowest BCUT2D eigenvalue weighted by Gasteiger charge is -2.27. The summed E-state index contributed by atoms with van der Waals surface area (Å²) in [4.78, 5) is 15.3. The first-order valence-corrected chi connectivity index (χ1v) is 4.33. The van der Waals surface area contributed by atoms with Crippen LogP contribution in [0.15, 0.2) is 0 Å². The Morgan fingerprint density at radius 2 is 2.00 bits per heavy atom. The molecule has 0 aromatic carbocycles. The molecule has 12 heavy (non-hydrogen) atoms. The summed E-state index contributed by atoms with van der Waals surface area (Å²) in [5.41, 5.74) is 0. The minimum Gasteiger partial charge on any atom is -0.342 e. The van der Waals surface area contributed by atoms with Crippen molar-refractivity contribution in [2.75, 3.05) is 33.7 Å². The van der Waals surface area contributed by atoms with Gasteiger partial charge in [0.1, 0.15) is 0 Å². The highest BCUT2D eigenvalue weighted by molar-refractivity contribution is 5.78. The molecule has 1 saturated heterocycles. The minimum atomic E-state index is 0.238. The molecule has 0 N–H and O–H groups in total. The van der Waals surface area contributed by atoms with Gasteiger partial charge in [0, 0.05) is 13.1 Å². The number of carbonyl (C=O) groups is 1. The topological polar surface area (TPSA) is 23.6 Å². The van der Waals surface area contributed by atoms with Crippen molar-refractivity contribution in [1.82, 2.24) is 9.80 Å². The molecule has 0 unspecified atom stereocenters. The van der Waals surface area contributed by atoms with Crippen molar-refractivity contribution in [3.8, 4) is 0 Å². The van der Waals surface area contributed by atoms with Crippen molar-refractivity contribution in [1.29, 1.82) is 0 Å². The van der Waals surface area contributed by atoms with Crippen LogP contribution in [-0.2, 0) is 4.79 Å². The van der Waals surface area contributed by atoms with Gasteiger partial charge >= 0.3 is 0 Å². The highest BCUT2D eigenvalue weighted by atomic mass is 16.2. The molecular weight excluding hydrogens is 152 g/mol. The van der Waals surface area contributed by atoms with Crippen molar-refractivity contribution in [3.63, 3.8) is 0 Å². The van der Waals surface area contributed by atoms with Gasteiger partial charge in [-0.15, -0.1) is 0 Å². The van der Waals surface area contributed by atoms with Crippen LogP contribution in [-0.4, -0.2) is 49.4 Å². The number of nitrogens with zero attached hydrogens (tertiary/aromatic N) is 2. The fraction of sp³-hybridized carbons (Fsp3) is 0.778. The van der Waals surface area contributed by atoms with Crippen LogP contribution in [0.5, 0.6) is 0 Å². The Morgan fingerprint density at radius 3 is 2.50 bits per heavy atom. The molecule has 0 aromatic rings. The minimum absolute atomic E-state index is 0.238. The van der Waals surface area contributed by atoms with Crippen molar-refractivity contribution < 1.29 is 4.79 Å². The summed E-state index contributed by atoms with van der Waals surface area (Å²) in [6, 6.07) is 0. The summed E-state index contributed by atoms with van der Waals surface area (Å²) < 4.78 is 0. The number of carbonyl (C=O) groups excluding carboxylic acids is 1. The summed E-state index contributed by atoms with van der Waals surface area (Å²) in [7, 11) is 3.83. The molecule has 0 bridgehead atoms. The normalized spacial score (nSPS) is 18.4. The Bertz CT molecular complexity index is 151. The Labute approximate surface area is 74.3 Å². The van der Waals surface area contributed by atoms with Crippen LogP contribution in [0.2, 0.25) is 0 Å². The lowest BCUT2D eigenvalue weighted by Crippen LogP contribution is -2.40. The average Bonchev–Trinajstić information content (AvgIpc) is 2.05. The van der Waals surface area contributed by atoms with Crippen LogP contribution in [0.1, 0.15) is 12.8 Å². The maximum atomic E-state index is 11.5. The van der Waals surface area contributed by atoms with Crippen LogP contribution in [0.25, 0.3) is 0 Å². The molecule has 0 aromatic heterocycles. The van der Waals surface area contributed by atoms with Gasteiger partial charge in [-0.1, -0.05) is 0 Å². The second-order valence-electron chi connectivity index (χ2n) is 3.37. The molecule has 2 radical (unpaired) electrons. The molecule has 1 fully saturated rings. The smallest absolute Gasteiger partial charge is 0.236 e. The molecule has 0 atom stereocenters. The zero-order valence-corrected chi connectivity index (χ0v) is 7.84. The molecule has 0 spiro atoms. The maximum absolute atomic E-state index is 11.5. The predicted octanol–water partition coefficient (Wildman–Crippen LogP) is 0.252. The number of likely N-dealkylation sites (N-methyl/N-ethyl adjacent to an activating group) is 1. The molecule has 1 rings (SSSR count). The first-order chi connectivity index (χ1) is 5.70. The monoisotopic (exact) mass is 168 g/mol. The van der Waals surface area contributed by atoms with E-state index in [2.05, 4.69) is 6.42 Å². The van der Waals surface area contributed by atoms with E-state index < -0.39 is 0 Å². The van der Waals surface area contributed by atoms with E-state index in [1.165, 1.54) is 0 Å². The molecular formula is C9H16N2O. The SMILES string of the molecule is CN(C)CC(=O)N1CC[C]CC1. The average molecular weight is 168 g/mol. The highest BCUT2D eigenvalue weighted by Crippen LogP contribution is 2.07. The van der Waals surface area contributed by atoms with E-state index in [1.54, 1.807) is 0 Å². The van der Waals surface area contributed by atoms with Crippen LogP contribution >= 0.6 is 0 Å². The molecule has 1 amide bonds. The summed E-state index contributed by atoms with van der Waals surface area (Å²) in [6.07, 6.45) is 5.07. The first-order valence-electron chi connectivity index (χ1n) is 4.33. The number of rotatable bonds is 2. The van der Waals surface area contributed by atoms with Gasteiger partial charge in [0.2, 0.25) is 5.91 Å². The molecule has 1 aliphatic heterocycles. The quantitative estimate of drug-likeness (QED) is 0.590. The molecule has 1 heterocycles. The lowest BCUT2D eigenvalue weighted by atomic mass is 10.1. The van der Waals surface area contributed by atoms with Crippen LogP contribution in [0.3, 0.4) is 0 Å². The summed E-state index contributed by atoms with van der Waals surface area (Å²) in [6.45, 7) is 2.24. The van der Waals surface area contributed by atoms with E-state index >= 15 is 0 Å². The number of hydrogen-bond donors (Lipinski definition) is 0. The Morgan fingerprint density at radius 1 is 1.42 bits per heavy atom. The van der Waals surface area contributed by atoms with Crippen molar-refractivity contribution in [2.24, 2.45) is 0 Å². The van der Waals surface area contributed by atoms with E-state index in [4.69, 9.17) is 0 Å². The van der Waals surface area contributed by atoms with Gasteiger partial charge < -0.3 is 9.80 Å². The van der Waals surface area contributed by atoms with Crippen molar-refractivity contribution in [3.05, 3.63) is 6.42 Å². The molecule has 3 nitrogen and oxygen atoms in total. The van der Waals surface area contributed by atoms with Gasteiger partial charge in [-0.05, 0) is 33.4 Å². The van der Waals surface area contributed by atoms with E-state index in [-0.39, 0.29) is 5.91 Å². The van der Waals surface area contributed by atoms with Gasteiger partial charge in [-0.2, -0.15) is 0 Å². The molecule has 3 heteroatoms. The van der Waals surface area contributed by atoms with Gasteiger partial charge in [0.15, 0.2) is 0 Å². The molecule has 0 aliphatic carbocycles. The van der Waals surface area contributed by atoms with Crippen molar-refractivity contribution >= 4 is 5.91 Å². The molecule has 1 aliphatic rings. The third-order valence-corrected chi connectivity index (χ3v) is 1.92. The van der Waals surface area contributed by atoms with Gasteiger partial charge in [0.05, 0.1) is 6.54 Å². The van der Waals surface area contributed by atoms with E-state index in [0.717, 1.165) is 25.9 Å². The second kappa shape index (κ2) is 4.45. The molecule has 68 valence electrons. The second-order valence-corrected chi connectivity index (χ2v) is 3.37. The standard InChI is InChI=1S/C9H16N2O/c1-10(2)8-9(12)11-6-4-3-5-7-11/h4-8H2,1-2H3. The Balaban J connectivity index is 2.30. The van der Waals surface area contributed by atoms with Crippen molar-refractivity contribution in [2.45, 2.75) is 12.8 Å². The first kappa shape index (κ1) is 9.52. The fourth-order valence-electron chi connectivity index (χ4n) is 1.28. The third-order valence-electron chi connectivity index (χ3n) is 1.92. The third kappa shape index (κ3) is 2.81. The largest absolute Gasteiger partial charge is 0.342 e. The van der Waals surface area contributed by atoms with Gasteiger partial charge in [-0.25, -0.2) is 0 Å². The zero-order chi connectivity index (χ0) is 8.97. The highest BCUT2D eigenvalue weighted by Gasteiger charge is 2.16.